The van der Waals surface area contributed by atoms with E-state index in [0.29, 0.717) is 11.3 Å². The third-order valence-electron chi connectivity index (χ3n) is 2.08. The largest absolute Gasteiger partial charge is 0.361 e. The van der Waals surface area contributed by atoms with Crippen molar-refractivity contribution in [1.29, 1.82) is 0 Å². The summed E-state index contributed by atoms with van der Waals surface area (Å²) < 4.78 is 12.9. The van der Waals surface area contributed by atoms with Crippen molar-refractivity contribution in [3.8, 4) is 0 Å². The minimum absolute atomic E-state index is 0.0149. The molecule has 5 heteroatoms. The number of benzene rings is 1. The standard InChI is InChI=1S/C13H12ClFN2O/c1-9(18)10(5-6-16-2)8-17-11-3-4-13(15)12(14)7-11/h3-8,17H,2H2,1H3/b6-5-,10-8?. The number of Topliss-reactive ketones (excluding diaryl/α,β-unsaturated/α-hetero) is 1. The average Bonchev–Trinajstić information content (AvgIpc) is 2.33. The Kier molecular flexibility index (Phi) is 5.27. The molecule has 0 amide bonds. The average molecular weight is 267 g/mol. The first kappa shape index (κ1) is 14.1. The number of nitrogens with zero attached hydrogens (tertiary/aromatic N) is 1. The minimum atomic E-state index is -0.492. The van der Waals surface area contributed by atoms with Gasteiger partial charge in [0, 0.05) is 23.7 Å². The highest BCUT2D eigenvalue weighted by atomic mass is 35.5. The minimum Gasteiger partial charge on any atom is -0.361 e. The van der Waals surface area contributed by atoms with Crippen LogP contribution in [0.2, 0.25) is 5.02 Å². The zero-order valence-corrected chi connectivity index (χ0v) is 10.5. The topological polar surface area (TPSA) is 41.5 Å². The van der Waals surface area contributed by atoms with Crippen LogP contribution in [-0.2, 0) is 4.79 Å². The van der Waals surface area contributed by atoms with E-state index in [9.17, 15) is 9.18 Å². The molecule has 0 heterocycles. The monoisotopic (exact) mass is 266 g/mol. The number of carbonyl (C=O) groups excluding carboxylic acids is 1. The van der Waals surface area contributed by atoms with E-state index < -0.39 is 5.82 Å². The zero-order valence-electron chi connectivity index (χ0n) is 9.78. The van der Waals surface area contributed by atoms with Crippen LogP contribution in [0.25, 0.3) is 0 Å². The van der Waals surface area contributed by atoms with E-state index in [0.717, 1.165) is 0 Å². The van der Waals surface area contributed by atoms with Crippen LogP contribution < -0.4 is 5.32 Å². The number of ketones is 1. The van der Waals surface area contributed by atoms with E-state index in [1.54, 1.807) is 0 Å². The fourth-order valence-electron chi connectivity index (χ4n) is 1.15. The summed E-state index contributed by atoms with van der Waals surface area (Å²) in [7, 11) is 0. The molecule has 0 saturated carbocycles. The van der Waals surface area contributed by atoms with Crippen molar-refractivity contribution < 1.29 is 9.18 Å². The molecule has 0 atom stereocenters. The maximum absolute atomic E-state index is 12.9. The lowest BCUT2D eigenvalue weighted by atomic mass is 10.2. The first-order chi connectivity index (χ1) is 8.54. The zero-order chi connectivity index (χ0) is 13.5. The Morgan fingerprint density at radius 2 is 2.28 bits per heavy atom. The summed E-state index contributed by atoms with van der Waals surface area (Å²) in [6.45, 7) is 4.71. The Bertz CT molecular complexity index is 524. The van der Waals surface area contributed by atoms with Gasteiger partial charge in [-0.05, 0) is 37.9 Å². The maximum Gasteiger partial charge on any atom is 0.161 e. The molecule has 0 aliphatic heterocycles. The van der Waals surface area contributed by atoms with E-state index in [4.69, 9.17) is 11.6 Å². The Morgan fingerprint density at radius 1 is 1.56 bits per heavy atom. The smallest absolute Gasteiger partial charge is 0.161 e. The number of allylic oxidation sites excluding steroid dienone is 2. The maximum atomic E-state index is 12.9. The van der Waals surface area contributed by atoms with E-state index in [2.05, 4.69) is 17.0 Å². The van der Waals surface area contributed by atoms with Crippen LogP contribution in [0.1, 0.15) is 6.92 Å². The molecule has 0 spiro atoms. The second-order valence-electron chi connectivity index (χ2n) is 3.43. The van der Waals surface area contributed by atoms with Gasteiger partial charge < -0.3 is 5.32 Å². The Morgan fingerprint density at radius 3 is 2.83 bits per heavy atom. The van der Waals surface area contributed by atoms with Gasteiger partial charge in [0.2, 0.25) is 0 Å². The van der Waals surface area contributed by atoms with Crippen molar-refractivity contribution in [1.82, 2.24) is 0 Å². The van der Waals surface area contributed by atoms with Crippen molar-refractivity contribution in [2.75, 3.05) is 5.32 Å². The molecule has 0 fully saturated rings. The second kappa shape index (κ2) is 6.71. The number of hydrogen-bond donors (Lipinski definition) is 1. The first-order valence-corrected chi connectivity index (χ1v) is 5.47. The van der Waals surface area contributed by atoms with Crippen molar-refractivity contribution >= 4 is 29.8 Å². The van der Waals surface area contributed by atoms with Crippen LogP contribution in [0, 0.1) is 5.82 Å². The lowest BCUT2D eigenvalue weighted by Crippen LogP contribution is -1.98. The number of halogens is 2. The van der Waals surface area contributed by atoms with E-state index in [1.807, 2.05) is 0 Å². The summed E-state index contributed by atoms with van der Waals surface area (Å²) in [5, 5.41) is 2.87. The summed E-state index contributed by atoms with van der Waals surface area (Å²) in [6.07, 6.45) is 4.42. The SMILES string of the molecule is C=N/C=C\C(=CNc1ccc(F)c(Cl)c1)C(C)=O. The van der Waals surface area contributed by atoms with Gasteiger partial charge >= 0.3 is 0 Å². The van der Waals surface area contributed by atoms with Gasteiger partial charge in [0.15, 0.2) is 5.78 Å². The highest BCUT2D eigenvalue weighted by molar-refractivity contribution is 6.31. The molecular weight excluding hydrogens is 255 g/mol. The van der Waals surface area contributed by atoms with Crippen LogP contribution in [0.5, 0.6) is 0 Å². The third kappa shape index (κ3) is 4.14. The number of aliphatic imine (C=N–C) groups is 1. The summed E-state index contributed by atoms with van der Waals surface area (Å²) in [4.78, 5) is 14.8. The van der Waals surface area contributed by atoms with Crippen LogP contribution in [-0.4, -0.2) is 12.5 Å². The number of rotatable bonds is 5. The molecule has 1 aromatic carbocycles. The molecule has 3 nitrogen and oxygen atoms in total. The lowest BCUT2D eigenvalue weighted by molar-refractivity contribution is -0.113. The van der Waals surface area contributed by atoms with Crippen molar-refractivity contribution in [2.45, 2.75) is 6.92 Å². The predicted octanol–water partition coefficient (Wildman–Crippen LogP) is 3.58. The molecule has 1 N–H and O–H groups in total. The molecule has 18 heavy (non-hydrogen) atoms. The van der Waals surface area contributed by atoms with Gasteiger partial charge in [0.1, 0.15) is 5.82 Å². The van der Waals surface area contributed by atoms with Crippen LogP contribution >= 0.6 is 11.6 Å². The second-order valence-corrected chi connectivity index (χ2v) is 3.83. The molecule has 0 saturated heterocycles. The quantitative estimate of drug-likeness (QED) is 0.503. The van der Waals surface area contributed by atoms with Crippen molar-refractivity contribution in [2.24, 2.45) is 4.99 Å². The molecule has 94 valence electrons. The molecule has 0 radical (unpaired) electrons. The summed E-state index contributed by atoms with van der Waals surface area (Å²) in [5.74, 6) is -0.621. The Hall–Kier alpha value is -1.94. The third-order valence-corrected chi connectivity index (χ3v) is 2.37. The molecule has 1 aromatic rings. The molecule has 0 aliphatic carbocycles. The highest BCUT2D eigenvalue weighted by Gasteiger charge is 2.01. The molecular formula is C13H12ClFN2O. The van der Waals surface area contributed by atoms with E-state index in [1.165, 1.54) is 43.6 Å². The number of nitrogens with one attached hydrogen (secondary N) is 1. The summed E-state index contributed by atoms with van der Waals surface area (Å²) in [6, 6.07) is 4.19. The van der Waals surface area contributed by atoms with E-state index in [-0.39, 0.29) is 10.8 Å². The predicted molar refractivity (Wildman–Crippen MR) is 72.5 cm³/mol. The fraction of sp³-hybridized carbons (Fsp3) is 0.0769. The Labute approximate surface area is 110 Å². The number of anilines is 1. The molecule has 0 aliphatic rings. The number of carbonyl (C=O) groups is 1. The van der Waals surface area contributed by atoms with Crippen molar-refractivity contribution in [3.05, 3.63) is 53.1 Å². The van der Waals surface area contributed by atoms with Crippen LogP contribution in [0.3, 0.4) is 0 Å². The lowest BCUT2D eigenvalue weighted by Gasteiger charge is -2.03. The van der Waals surface area contributed by atoms with E-state index >= 15 is 0 Å². The molecule has 0 unspecified atom stereocenters. The summed E-state index contributed by atoms with van der Waals surface area (Å²) in [5.41, 5.74) is 1.00. The first-order valence-electron chi connectivity index (χ1n) is 5.09. The van der Waals surface area contributed by atoms with Crippen LogP contribution in [0.4, 0.5) is 10.1 Å². The van der Waals surface area contributed by atoms with Gasteiger partial charge in [0.25, 0.3) is 0 Å². The van der Waals surface area contributed by atoms with Gasteiger partial charge in [-0.15, -0.1) is 0 Å². The molecule has 0 bridgehead atoms. The fourth-order valence-corrected chi connectivity index (χ4v) is 1.33. The number of hydrogen-bond acceptors (Lipinski definition) is 3. The summed E-state index contributed by atoms with van der Waals surface area (Å²) >= 11 is 5.64. The highest BCUT2D eigenvalue weighted by Crippen LogP contribution is 2.19. The van der Waals surface area contributed by atoms with Gasteiger partial charge in [-0.3, -0.25) is 9.79 Å². The van der Waals surface area contributed by atoms with Gasteiger partial charge in [0.05, 0.1) is 5.02 Å². The van der Waals surface area contributed by atoms with Gasteiger partial charge in [-0.25, -0.2) is 4.39 Å². The Balaban J connectivity index is 2.87. The van der Waals surface area contributed by atoms with Gasteiger partial charge in [-0.1, -0.05) is 11.6 Å². The van der Waals surface area contributed by atoms with Gasteiger partial charge in [-0.2, -0.15) is 0 Å². The molecule has 0 aromatic heterocycles. The van der Waals surface area contributed by atoms with Crippen LogP contribution in [0.15, 0.2) is 47.2 Å². The van der Waals surface area contributed by atoms with Crippen molar-refractivity contribution in [3.63, 3.8) is 0 Å². The molecule has 1 rings (SSSR count). The normalized spacial score (nSPS) is 11.6.